The van der Waals surface area contributed by atoms with E-state index in [9.17, 15) is 0 Å². The fourth-order valence-electron chi connectivity index (χ4n) is 2.91. The molecule has 1 heterocycles. The Morgan fingerprint density at radius 1 is 1.00 bits per heavy atom. The molecule has 0 unspecified atom stereocenters. The number of nitrogens with zero attached hydrogens (tertiary/aromatic N) is 2. The Balaban J connectivity index is 1.33. The summed E-state index contributed by atoms with van der Waals surface area (Å²) in [7, 11) is 0. The third-order valence-electron chi connectivity index (χ3n) is 4.42. The molecule has 0 spiro atoms. The van der Waals surface area contributed by atoms with Gasteiger partial charge in [-0.25, -0.2) is 0 Å². The van der Waals surface area contributed by atoms with Gasteiger partial charge in [0.25, 0.3) is 0 Å². The Labute approximate surface area is 116 Å². The molecular formula is C16H24N2O. The van der Waals surface area contributed by atoms with Gasteiger partial charge in [0.2, 0.25) is 0 Å². The number of rotatable bonds is 5. The maximum absolute atomic E-state index is 5.76. The highest BCUT2D eigenvalue weighted by atomic mass is 16.5. The normalized spacial score (nSPS) is 22.1. The molecule has 104 valence electrons. The van der Waals surface area contributed by atoms with Crippen molar-refractivity contribution in [1.29, 1.82) is 0 Å². The van der Waals surface area contributed by atoms with Crippen LogP contribution < -0.4 is 4.74 Å². The highest BCUT2D eigenvalue weighted by molar-refractivity contribution is 5.20. The van der Waals surface area contributed by atoms with Crippen LogP contribution in [0.4, 0.5) is 0 Å². The number of para-hydroxylation sites is 1. The zero-order valence-corrected chi connectivity index (χ0v) is 11.6. The lowest BCUT2D eigenvalue weighted by Crippen LogP contribution is -2.52. The van der Waals surface area contributed by atoms with Crippen LogP contribution in [0.2, 0.25) is 0 Å². The van der Waals surface area contributed by atoms with Crippen molar-refractivity contribution in [1.82, 2.24) is 9.80 Å². The van der Waals surface area contributed by atoms with E-state index in [2.05, 4.69) is 9.80 Å². The predicted octanol–water partition coefficient (Wildman–Crippen LogP) is 2.24. The van der Waals surface area contributed by atoms with Crippen molar-refractivity contribution in [3.63, 3.8) is 0 Å². The number of hydrogen-bond acceptors (Lipinski definition) is 3. The summed E-state index contributed by atoms with van der Waals surface area (Å²) in [6.07, 6.45) is 4.30. The van der Waals surface area contributed by atoms with Crippen molar-refractivity contribution in [2.45, 2.75) is 25.3 Å². The molecule has 0 aromatic heterocycles. The van der Waals surface area contributed by atoms with Crippen LogP contribution in [0.1, 0.15) is 19.3 Å². The van der Waals surface area contributed by atoms with Gasteiger partial charge in [0.1, 0.15) is 12.4 Å². The van der Waals surface area contributed by atoms with Gasteiger partial charge in [-0.15, -0.1) is 0 Å². The summed E-state index contributed by atoms with van der Waals surface area (Å²) in [5, 5.41) is 0. The highest BCUT2D eigenvalue weighted by Gasteiger charge is 2.27. The minimum atomic E-state index is 0.799. The Kier molecular flexibility index (Phi) is 4.36. The molecule has 2 fully saturated rings. The lowest BCUT2D eigenvalue weighted by Gasteiger charge is -2.42. The van der Waals surface area contributed by atoms with E-state index in [1.165, 1.54) is 45.4 Å². The first-order valence-electron chi connectivity index (χ1n) is 7.56. The second-order valence-electron chi connectivity index (χ2n) is 5.62. The second kappa shape index (κ2) is 6.40. The fourth-order valence-corrected chi connectivity index (χ4v) is 2.91. The molecule has 1 aliphatic carbocycles. The van der Waals surface area contributed by atoms with Gasteiger partial charge in [0, 0.05) is 38.8 Å². The Morgan fingerprint density at radius 2 is 1.74 bits per heavy atom. The minimum absolute atomic E-state index is 0.799. The predicted molar refractivity (Wildman–Crippen MR) is 77.6 cm³/mol. The van der Waals surface area contributed by atoms with E-state index in [-0.39, 0.29) is 0 Å². The van der Waals surface area contributed by atoms with Crippen molar-refractivity contribution >= 4 is 0 Å². The molecule has 1 saturated carbocycles. The smallest absolute Gasteiger partial charge is 0.119 e. The van der Waals surface area contributed by atoms with Crippen LogP contribution in [-0.2, 0) is 0 Å². The lowest BCUT2D eigenvalue weighted by molar-refractivity contribution is 0.0562. The maximum Gasteiger partial charge on any atom is 0.119 e. The molecule has 19 heavy (non-hydrogen) atoms. The summed E-state index contributed by atoms with van der Waals surface area (Å²) in [6, 6.07) is 11.0. The number of hydrogen-bond donors (Lipinski definition) is 0. The third-order valence-corrected chi connectivity index (χ3v) is 4.42. The molecule has 1 aromatic rings. The molecule has 3 nitrogen and oxygen atoms in total. The van der Waals surface area contributed by atoms with Crippen LogP contribution >= 0.6 is 0 Å². The molecule has 3 rings (SSSR count). The largest absolute Gasteiger partial charge is 0.492 e. The van der Waals surface area contributed by atoms with Crippen molar-refractivity contribution in [2.75, 3.05) is 39.3 Å². The zero-order valence-electron chi connectivity index (χ0n) is 11.6. The number of piperazine rings is 1. The summed E-state index contributed by atoms with van der Waals surface area (Å²) in [5.74, 6) is 0.982. The van der Waals surface area contributed by atoms with Crippen LogP contribution in [-0.4, -0.2) is 55.2 Å². The summed E-state index contributed by atoms with van der Waals surface area (Å²) < 4.78 is 5.76. The van der Waals surface area contributed by atoms with Crippen LogP contribution in [0.5, 0.6) is 5.75 Å². The van der Waals surface area contributed by atoms with Crippen LogP contribution in [0, 0.1) is 0 Å². The first kappa shape index (κ1) is 12.9. The average molecular weight is 260 g/mol. The Morgan fingerprint density at radius 3 is 2.37 bits per heavy atom. The van der Waals surface area contributed by atoms with Gasteiger partial charge in [0.15, 0.2) is 0 Å². The number of benzene rings is 1. The van der Waals surface area contributed by atoms with Crippen molar-refractivity contribution in [3.05, 3.63) is 30.3 Å². The van der Waals surface area contributed by atoms with E-state index in [0.717, 1.165) is 24.9 Å². The first-order valence-corrected chi connectivity index (χ1v) is 7.56. The molecule has 0 radical (unpaired) electrons. The van der Waals surface area contributed by atoms with E-state index in [1.807, 2.05) is 30.3 Å². The molecule has 2 aliphatic rings. The van der Waals surface area contributed by atoms with Crippen molar-refractivity contribution in [3.8, 4) is 5.75 Å². The summed E-state index contributed by atoms with van der Waals surface area (Å²) in [6.45, 7) is 6.75. The molecule has 3 heteroatoms. The topological polar surface area (TPSA) is 15.7 Å². The van der Waals surface area contributed by atoms with Crippen LogP contribution in [0.25, 0.3) is 0 Å². The number of ether oxygens (including phenoxy) is 1. The molecule has 1 aliphatic heterocycles. The monoisotopic (exact) mass is 260 g/mol. The first-order chi connectivity index (χ1) is 9.42. The standard InChI is InChI=1S/C16H24N2O/c1-2-7-16(8-3-1)19-14-13-17-9-11-18(12-10-17)15-5-4-6-15/h1-3,7-8,15H,4-6,9-14H2. The molecule has 0 bridgehead atoms. The van der Waals surface area contributed by atoms with Gasteiger partial charge in [0.05, 0.1) is 0 Å². The van der Waals surface area contributed by atoms with Crippen LogP contribution in [0.15, 0.2) is 30.3 Å². The third kappa shape index (κ3) is 3.48. The zero-order chi connectivity index (χ0) is 12.9. The Hall–Kier alpha value is -1.06. The average Bonchev–Trinajstić information content (AvgIpc) is 2.40. The maximum atomic E-state index is 5.76. The van der Waals surface area contributed by atoms with E-state index in [0.29, 0.717) is 0 Å². The van der Waals surface area contributed by atoms with Crippen LogP contribution in [0.3, 0.4) is 0 Å². The molecule has 0 N–H and O–H groups in total. The Bertz CT molecular complexity index is 370. The second-order valence-corrected chi connectivity index (χ2v) is 5.62. The fraction of sp³-hybridized carbons (Fsp3) is 0.625. The van der Waals surface area contributed by atoms with Gasteiger partial charge in [-0.05, 0) is 25.0 Å². The van der Waals surface area contributed by atoms with E-state index < -0.39 is 0 Å². The summed E-state index contributed by atoms with van der Waals surface area (Å²) in [5.41, 5.74) is 0. The quantitative estimate of drug-likeness (QED) is 0.807. The molecule has 0 atom stereocenters. The summed E-state index contributed by atoms with van der Waals surface area (Å²) in [4.78, 5) is 5.20. The van der Waals surface area contributed by atoms with E-state index >= 15 is 0 Å². The molecule has 0 amide bonds. The van der Waals surface area contributed by atoms with Gasteiger partial charge < -0.3 is 4.74 Å². The minimum Gasteiger partial charge on any atom is -0.492 e. The molecule has 1 saturated heterocycles. The summed E-state index contributed by atoms with van der Waals surface area (Å²) >= 11 is 0. The van der Waals surface area contributed by atoms with Gasteiger partial charge in [-0.2, -0.15) is 0 Å². The highest BCUT2D eigenvalue weighted by Crippen LogP contribution is 2.25. The van der Waals surface area contributed by atoms with E-state index in [1.54, 1.807) is 0 Å². The van der Waals surface area contributed by atoms with Crippen molar-refractivity contribution < 1.29 is 4.74 Å². The molecular weight excluding hydrogens is 236 g/mol. The lowest BCUT2D eigenvalue weighted by atomic mass is 9.91. The van der Waals surface area contributed by atoms with Crippen molar-refractivity contribution in [2.24, 2.45) is 0 Å². The van der Waals surface area contributed by atoms with Gasteiger partial charge in [-0.3, -0.25) is 9.80 Å². The molecule has 1 aromatic carbocycles. The SMILES string of the molecule is c1ccc(OCCN2CCN(C3CCC3)CC2)cc1. The van der Waals surface area contributed by atoms with Gasteiger partial charge >= 0.3 is 0 Å². The van der Waals surface area contributed by atoms with E-state index in [4.69, 9.17) is 4.74 Å². The van der Waals surface area contributed by atoms with Gasteiger partial charge in [-0.1, -0.05) is 24.6 Å².